The van der Waals surface area contributed by atoms with Gasteiger partial charge in [0, 0.05) is 0 Å². The van der Waals surface area contributed by atoms with Crippen molar-refractivity contribution >= 4 is 36.7 Å². The Bertz CT molecular complexity index is 1240. The highest BCUT2D eigenvalue weighted by atomic mass is 29.3. The third-order valence-corrected chi connectivity index (χ3v) is 25.4. The highest BCUT2D eigenvalue weighted by molar-refractivity contribution is 7.54. The van der Waals surface area contributed by atoms with Crippen LogP contribution in [-0.2, 0) is 0 Å². The molecule has 0 amide bonds. The lowest BCUT2D eigenvalue weighted by molar-refractivity contribution is 1.55. The normalized spacial score (nSPS) is 17.1. The second-order valence-electron chi connectivity index (χ2n) is 10.2. The van der Waals surface area contributed by atoms with Crippen LogP contribution in [0.2, 0.25) is 26.2 Å². The molecule has 2 heteroatoms. The van der Waals surface area contributed by atoms with E-state index in [4.69, 9.17) is 0 Å². The van der Waals surface area contributed by atoms with E-state index in [1.165, 1.54) is 33.4 Å². The molecule has 4 aromatic carbocycles. The molecule has 0 unspecified atom stereocenters. The summed E-state index contributed by atoms with van der Waals surface area (Å²) in [6.45, 7) is 10.5. The second kappa shape index (κ2) is 8.86. The fourth-order valence-corrected chi connectivity index (χ4v) is 15.7. The maximum Gasteiger partial charge on any atom is 0.0808 e. The largest absolute Gasteiger partial charge is 0.0808 e. The molecule has 0 saturated carbocycles. The van der Waals surface area contributed by atoms with Gasteiger partial charge in [-0.15, -0.1) is 0 Å². The fraction of sp³-hybridized carbons (Fsp3) is 0.125. The van der Waals surface area contributed by atoms with E-state index in [2.05, 4.69) is 148 Å². The van der Waals surface area contributed by atoms with Crippen molar-refractivity contribution in [1.29, 1.82) is 0 Å². The maximum atomic E-state index is 2.62. The predicted octanol–water partition coefficient (Wildman–Crippen LogP) is 8.80. The van der Waals surface area contributed by atoms with Crippen LogP contribution in [0.5, 0.6) is 0 Å². The average Bonchev–Trinajstić information content (AvgIpc) is 2.87. The maximum absolute atomic E-state index is 2.62. The van der Waals surface area contributed by atoms with Crippen molar-refractivity contribution in [2.45, 2.75) is 26.2 Å². The summed E-state index contributed by atoms with van der Waals surface area (Å²) in [7, 11) is -3.79. The van der Waals surface area contributed by atoms with Gasteiger partial charge in [-0.3, -0.25) is 0 Å². The van der Waals surface area contributed by atoms with E-state index in [1.54, 1.807) is 10.4 Å². The second-order valence-corrected chi connectivity index (χ2v) is 25.2. The highest BCUT2D eigenvalue weighted by Crippen LogP contribution is 2.55. The molecule has 0 nitrogen and oxygen atoms in total. The van der Waals surface area contributed by atoms with E-state index in [-0.39, 0.29) is 0 Å². The van der Waals surface area contributed by atoms with Gasteiger partial charge in [0.25, 0.3) is 0 Å². The van der Waals surface area contributed by atoms with Gasteiger partial charge in [-0.05, 0) is 43.8 Å². The van der Waals surface area contributed by atoms with Crippen LogP contribution in [0.1, 0.15) is 22.3 Å². The SMILES string of the molecule is C[Si]1(C)C(c2ccccc2)=C(c2ccccc2)C(c2ccccc2)=C(c2ccccc2)[Si]1(C)C. The molecule has 0 spiro atoms. The van der Waals surface area contributed by atoms with Crippen LogP contribution in [0.25, 0.3) is 21.5 Å². The molecule has 4 aromatic rings. The Hall–Kier alpha value is -3.21. The van der Waals surface area contributed by atoms with Crippen molar-refractivity contribution in [2.75, 3.05) is 0 Å². The summed E-state index contributed by atoms with van der Waals surface area (Å²) >= 11 is 0. The van der Waals surface area contributed by atoms with Crippen LogP contribution in [0.4, 0.5) is 0 Å². The highest BCUT2D eigenvalue weighted by Gasteiger charge is 2.52. The monoisotopic (exact) mass is 472 g/mol. The molecular formula is C32H32Si2. The zero-order valence-electron chi connectivity index (χ0n) is 20.5. The first-order valence-electron chi connectivity index (χ1n) is 12.1. The third-order valence-electron chi connectivity index (χ3n) is 7.81. The minimum Gasteiger partial charge on any atom is -0.0670 e. The van der Waals surface area contributed by atoms with Gasteiger partial charge in [-0.1, -0.05) is 148 Å². The Balaban J connectivity index is 2.01. The smallest absolute Gasteiger partial charge is 0.0670 e. The number of benzene rings is 4. The molecule has 1 aliphatic heterocycles. The third kappa shape index (κ3) is 3.68. The van der Waals surface area contributed by atoms with Gasteiger partial charge in [0.1, 0.15) is 0 Å². The van der Waals surface area contributed by atoms with Crippen LogP contribution < -0.4 is 0 Å². The van der Waals surface area contributed by atoms with Crippen molar-refractivity contribution in [3.8, 4) is 0 Å². The summed E-state index contributed by atoms with van der Waals surface area (Å²) in [6, 6.07) is 44.5. The molecule has 0 fully saturated rings. The lowest BCUT2D eigenvalue weighted by atomic mass is 9.88. The van der Waals surface area contributed by atoms with Crippen molar-refractivity contribution in [1.82, 2.24) is 0 Å². The summed E-state index contributed by atoms with van der Waals surface area (Å²) < 4.78 is 0. The molecule has 0 N–H and O–H groups in total. The zero-order valence-corrected chi connectivity index (χ0v) is 22.5. The number of hydrogen-bond acceptors (Lipinski definition) is 0. The van der Waals surface area contributed by atoms with E-state index >= 15 is 0 Å². The molecule has 0 saturated heterocycles. The minimum atomic E-state index is -1.89. The van der Waals surface area contributed by atoms with E-state index in [0.717, 1.165) is 0 Å². The van der Waals surface area contributed by atoms with Gasteiger partial charge in [-0.25, -0.2) is 0 Å². The van der Waals surface area contributed by atoms with Crippen LogP contribution in [-0.4, -0.2) is 15.2 Å². The van der Waals surface area contributed by atoms with Crippen LogP contribution in [0, 0.1) is 0 Å². The summed E-state index contributed by atoms with van der Waals surface area (Å²) in [5, 5.41) is 3.21. The first-order valence-corrected chi connectivity index (χ1v) is 19.1. The summed E-state index contributed by atoms with van der Waals surface area (Å²) in [6.07, 6.45) is 0. The standard InChI is InChI=1S/C32H32Si2/c1-33(2)31(27-21-13-7-14-22-27)29(25-17-9-5-10-18-25)30(26-19-11-6-12-20-26)32(34(33,3)4)28-23-15-8-16-24-28/h5-24H,1-4H3. The van der Waals surface area contributed by atoms with Gasteiger partial charge in [0.2, 0.25) is 0 Å². The molecule has 0 aliphatic carbocycles. The molecule has 0 atom stereocenters. The molecular weight excluding hydrogens is 441 g/mol. The number of rotatable bonds is 4. The molecule has 34 heavy (non-hydrogen) atoms. The van der Waals surface area contributed by atoms with E-state index < -0.39 is 15.2 Å². The first-order chi connectivity index (χ1) is 16.4. The van der Waals surface area contributed by atoms with Gasteiger partial charge in [0.05, 0.1) is 15.2 Å². The summed E-state index contributed by atoms with van der Waals surface area (Å²) in [5.74, 6) is 0. The Morgan fingerprint density at radius 3 is 0.824 bits per heavy atom. The molecule has 0 bridgehead atoms. The summed E-state index contributed by atoms with van der Waals surface area (Å²) in [4.78, 5) is 0. The van der Waals surface area contributed by atoms with Crippen molar-refractivity contribution in [3.05, 3.63) is 144 Å². The van der Waals surface area contributed by atoms with Crippen LogP contribution in [0.15, 0.2) is 121 Å². The molecule has 1 aliphatic rings. The Kier molecular flexibility index (Phi) is 5.89. The van der Waals surface area contributed by atoms with E-state index in [1.807, 2.05) is 0 Å². The van der Waals surface area contributed by atoms with Crippen molar-refractivity contribution in [3.63, 3.8) is 0 Å². The number of allylic oxidation sites excluding steroid dienone is 2. The molecule has 5 rings (SSSR count). The molecule has 0 aromatic heterocycles. The molecule has 1 heterocycles. The topological polar surface area (TPSA) is 0 Å². The van der Waals surface area contributed by atoms with E-state index in [9.17, 15) is 0 Å². The van der Waals surface area contributed by atoms with Crippen LogP contribution >= 0.6 is 0 Å². The molecule has 0 radical (unpaired) electrons. The lowest BCUT2D eigenvalue weighted by Gasteiger charge is -2.48. The predicted molar refractivity (Wildman–Crippen MR) is 154 cm³/mol. The quantitative estimate of drug-likeness (QED) is 0.260. The number of hydrogen-bond donors (Lipinski definition) is 0. The van der Waals surface area contributed by atoms with Gasteiger partial charge in [-0.2, -0.15) is 0 Å². The van der Waals surface area contributed by atoms with Crippen molar-refractivity contribution < 1.29 is 0 Å². The van der Waals surface area contributed by atoms with Crippen LogP contribution in [0.3, 0.4) is 0 Å². The van der Waals surface area contributed by atoms with Gasteiger partial charge >= 0.3 is 0 Å². The summed E-state index contributed by atoms with van der Waals surface area (Å²) in [5.41, 5.74) is 8.27. The fourth-order valence-electron chi connectivity index (χ4n) is 5.51. The zero-order chi connectivity index (χ0) is 23.8. The lowest BCUT2D eigenvalue weighted by Crippen LogP contribution is -2.59. The minimum absolute atomic E-state index is 1.32. The molecule has 168 valence electrons. The average molecular weight is 473 g/mol. The van der Waals surface area contributed by atoms with E-state index in [0.29, 0.717) is 0 Å². The van der Waals surface area contributed by atoms with Crippen molar-refractivity contribution in [2.24, 2.45) is 0 Å². The Morgan fingerprint density at radius 1 is 0.324 bits per heavy atom. The van der Waals surface area contributed by atoms with Gasteiger partial charge in [0.15, 0.2) is 0 Å². The van der Waals surface area contributed by atoms with Gasteiger partial charge < -0.3 is 0 Å². The first kappa shape index (κ1) is 22.6. The Morgan fingerprint density at radius 2 is 0.559 bits per heavy atom. The Labute approximate surface area is 206 Å².